The van der Waals surface area contributed by atoms with E-state index in [4.69, 9.17) is 0 Å². The van der Waals surface area contributed by atoms with E-state index in [0.717, 1.165) is 11.1 Å². The number of aliphatic imine (C=N–C) groups is 1. The molecule has 2 N–H and O–H groups in total. The molecule has 0 radical (unpaired) electrons. The average molecular weight is 303 g/mol. The molecule has 0 saturated carbocycles. The molecule has 0 aliphatic heterocycles. The molecule has 118 valence electrons. The molecule has 2 aromatic rings. The number of hydrogen-bond donors (Lipinski definition) is 2. The Kier molecular flexibility index (Phi) is 5.14. The summed E-state index contributed by atoms with van der Waals surface area (Å²) >= 11 is 0. The van der Waals surface area contributed by atoms with E-state index >= 15 is 0 Å². The van der Waals surface area contributed by atoms with Crippen LogP contribution in [0.3, 0.4) is 0 Å². The quantitative estimate of drug-likeness (QED) is 0.673. The maximum Gasteiger partial charge on any atom is 0.191 e. The highest BCUT2D eigenvalue weighted by molar-refractivity contribution is 5.80. The maximum atomic E-state index is 13.6. The van der Waals surface area contributed by atoms with Crippen LogP contribution in [0.1, 0.15) is 29.7 Å². The number of aromatic nitrogens is 2. The van der Waals surface area contributed by atoms with Crippen molar-refractivity contribution in [1.29, 1.82) is 0 Å². The maximum absolute atomic E-state index is 13.6. The van der Waals surface area contributed by atoms with Crippen molar-refractivity contribution >= 4 is 5.96 Å². The number of nitrogens with zero attached hydrogens (tertiary/aromatic N) is 3. The second-order valence-corrected chi connectivity index (χ2v) is 5.32. The molecule has 1 heterocycles. The average Bonchev–Trinajstić information content (AvgIpc) is 2.91. The van der Waals surface area contributed by atoms with Crippen molar-refractivity contribution in [2.24, 2.45) is 12.0 Å². The number of halogens is 1. The van der Waals surface area contributed by atoms with Crippen LogP contribution in [-0.4, -0.2) is 22.8 Å². The van der Waals surface area contributed by atoms with Crippen LogP contribution in [0.15, 0.2) is 35.6 Å². The minimum Gasteiger partial charge on any atom is -0.352 e. The number of guanidine groups is 1. The van der Waals surface area contributed by atoms with E-state index < -0.39 is 0 Å². The SMILES string of the molecule is CN=C(NCc1cnn(C)c1)NC(C)c1ccc(C)c(F)c1. The molecule has 1 aromatic heterocycles. The van der Waals surface area contributed by atoms with E-state index in [1.165, 1.54) is 0 Å². The largest absolute Gasteiger partial charge is 0.352 e. The van der Waals surface area contributed by atoms with Gasteiger partial charge in [-0.25, -0.2) is 4.39 Å². The Hall–Kier alpha value is -2.37. The van der Waals surface area contributed by atoms with Gasteiger partial charge in [-0.1, -0.05) is 12.1 Å². The summed E-state index contributed by atoms with van der Waals surface area (Å²) in [6.45, 7) is 4.36. The van der Waals surface area contributed by atoms with Crippen molar-refractivity contribution in [3.8, 4) is 0 Å². The first-order chi connectivity index (χ1) is 10.5. The number of aryl methyl sites for hydroxylation is 2. The molecule has 2 rings (SSSR count). The molecule has 0 spiro atoms. The van der Waals surface area contributed by atoms with E-state index in [0.29, 0.717) is 18.1 Å². The van der Waals surface area contributed by atoms with Crippen molar-refractivity contribution in [2.75, 3.05) is 7.05 Å². The molecule has 0 fully saturated rings. The van der Waals surface area contributed by atoms with Crippen LogP contribution < -0.4 is 10.6 Å². The third-order valence-corrected chi connectivity index (χ3v) is 3.49. The standard InChI is InChI=1S/C16H22FN5/c1-11-5-6-14(7-15(11)17)12(2)21-16(18-3)19-8-13-9-20-22(4)10-13/h5-7,9-10,12H,8H2,1-4H3,(H2,18,19,21). The van der Waals surface area contributed by atoms with Gasteiger partial charge in [-0.15, -0.1) is 0 Å². The number of hydrogen-bond acceptors (Lipinski definition) is 2. The van der Waals surface area contributed by atoms with Crippen LogP contribution in [0.4, 0.5) is 4.39 Å². The Morgan fingerprint density at radius 2 is 2.23 bits per heavy atom. The molecule has 22 heavy (non-hydrogen) atoms. The van der Waals surface area contributed by atoms with Gasteiger partial charge >= 0.3 is 0 Å². The highest BCUT2D eigenvalue weighted by Gasteiger charge is 2.10. The summed E-state index contributed by atoms with van der Waals surface area (Å²) in [4.78, 5) is 4.19. The first-order valence-electron chi connectivity index (χ1n) is 7.20. The smallest absolute Gasteiger partial charge is 0.191 e. The molecule has 1 unspecified atom stereocenters. The lowest BCUT2D eigenvalue weighted by atomic mass is 10.1. The molecule has 1 atom stereocenters. The predicted octanol–water partition coefficient (Wildman–Crippen LogP) is 2.29. The molecule has 6 heteroatoms. The Labute approximate surface area is 130 Å². The Morgan fingerprint density at radius 1 is 1.45 bits per heavy atom. The van der Waals surface area contributed by atoms with Gasteiger partial charge in [0.15, 0.2) is 5.96 Å². The summed E-state index contributed by atoms with van der Waals surface area (Å²) in [5.74, 6) is 0.474. The van der Waals surface area contributed by atoms with Crippen molar-refractivity contribution in [2.45, 2.75) is 26.4 Å². The topological polar surface area (TPSA) is 54.2 Å². The van der Waals surface area contributed by atoms with Crippen molar-refractivity contribution < 1.29 is 4.39 Å². The molecule has 0 amide bonds. The summed E-state index contributed by atoms with van der Waals surface area (Å²) in [6.07, 6.45) is 3.75. The highest BCUT2D eigenvalue weighted by Crippen LogP contribution is 2.16. The van der Waals surface area contributed by atoms with Crippen LogP contribution in [0.2, 0.25) is 0 Å². The molecular formula is C16H22FN5. The second kappa shape index (κ2) is 7.06. The van der Waals surface area contributed by atoms with Gasteiger partial charge in [0.05, 0.1) is 12.2 Å². The molecule has 0 aliphatic carbocycles. The zero-order chi connectivity index (χ0) is 16.1. The van der Waals surface area contributed by atoms with Crippen molar-refractivity contribution in [3.05, 3.63) is 53.1 Å². The summed E-state index contributed by atoms with van der Waals surface area (Å²) in [7, 11) is 3.59. The van der Waals surface area contributed by atoms with Crippen LogP contribution in [0.5, 0.6) is 0 Å². The van der Waals surface area contributed by atoms with Gasteiger partial charge < -0.3 is 10.6 Å². The van der Waals surface area contributed by atoms with E-state index in [-0.39, 0.29) is 11.9 Å². The molecule has 5 nitrogen and oxygen atoms in total. The minimum absolute atomic E-state index is 0.0461. The Balaban J connectivity index is 1.95. The fourth-order valence-electron chi connectivity index (χ4n) is 2.11. The third-order valence-electron chi connectivity index (χ3n) is 3.49. The van der Waals surface area contributed by atoms with Crippen LogP contribution in [0.25, 0.3) is 0 Å². The zero-order valence-corrected chi connectivity index (χ0v) is 13.4. The van der Waals surface area contributed by atoms with E-state index in [2.05, 4.69) is 20.7 Å². The molecule has 0 bridgehead atoms. The Morgan fingerprint density at radius 3 is 2.82 bits per heavy atom. The first-order valence-corrected chi connectivity index (χ1v) is 7.20. The van der Waals surface area contributed by atoms with Gasteiger partial charge in [0, 0.05) is 32.4 Å². The lowest BCUT2D eigenvalue weighted by molar-refractivity contribution is 0.607. The van der Waals surface area contributed by atoms with Crippen molar-refractivity contribution in [3.63, 3.8) is 0 Å². The monoisotopic (exact) mass is 303 g/mol. The fraction of sp³-hybridized carbons (Fsp3) is 0.375. The number of nitrogens with one attached hydrogen (secondary N) is 2. The van der Waals surface area contributed by atoms with Crippen LogP contribution >= 0.6 is 0 Å². The molecule has 0 aliphatic rings. The van der Waals surface area contributed by atoms with Gasteiger partial charge in [-0.2, -0.15) is 5.10 Å². The first kappa shape index (κ1) is 16.0. The lowest BCUT2D eigenvalue weighted by Crippen LogP contribution is -2.38. The van der Waals surface area contributed by atoms with E-state index in [9.17, 15) is 4.39 Å². The molecule has 0 saturated heterocycles. The van der Waals surface area contributed by atoms with Crippen LogP contribution in [0, 0.1) is 12.7 Å². The lowest BCUT2D eigenvalue weighted by Gasteiger charge is -2.18. The highest BCUT2D eigenvalue weighted by atomic mass is 19.1. The van der Waals surface area contributed by atoms with Gasteiger partial charge in [0.1, 0.15) is 5.82 Å². The minimum atomic E-state index is -0.190. The summed E-state index contributed by atoms with van der Waals surface area (Å²) < 4.78 is 15.4. The van der Waals surface area contributed by atoms with Gasteiger partial charge in [0.2, 0.25) is 0 Å². The predicted molar refractivity (Wildman–Crippen MR) is 86.1 cm³/mol. The normalized spacial score (nSPS) is 13.0. The number of rotatable bonds is 4. The van der Waals surface area contributed by atoms with Crippen LogP contribution in [-0.2, 0) is 13.6 Å². The fourth-order valence-corrected chi connectivity index (χ4v) is 2.11. The van der Waals surface area contributed by atoms with E-state index in [1.807, 2.05) is 26.2 Å². The number of benzene rings is 1. The van der Waals surface area contributed by atoms with E-state index in [1.54, 1.807) is 37.0 Å². The third kappa shape index (κ3) is 4.07. The zero-order valence-electron chi connectivity index (χ0n) is 13.4. The van der Waals surface area contributed by atoms with Gasteiger partial charge in [-0.3, -0.25) is 9.67 Å². The Bertz CT molecular complexity index is 662. The molecular weight excluding hydrogens is 281 g/mol. The van der Waals surface area contributed by atoms with Gasteiger partial charge in [-0.05, 0) is 31.0 Å². The second-order valence-electron chi connectivity index (χ2n) is 5.32. The van der Waals surface area contributed by atoms with Crippen molar-refractivity contribution in [1.82, 2.24) is 20.4 Å². The summed E-state index contributed by atoms with van der Waals surface area (Å²) in [6, 6.07) is 5.22. The van der Waals surface area contributed by atoms with Gasteiger partial charge in [0.25, 0.3) is 0 Å². The summed E-state index contributed by atoms with van der Waals surface area (Å²) in [5.41, 5.74) is 2.60. The molecule has 1 aromatic carbocycles. The summed E-state index contributed by atoms with van der Waals surface area (Å²) in [5, 5.41) is 10.6.